The first kappa shape index (κ1) is 15.2. The monoisotopic (exact) mass is 411 g/mol. The Morgan fingerprint density at radius 1 is 1.30 bits per heavy atom. The first-order chi connectivity index (χ1) is 9.36. The van der Waals surface area contributed by atoms with Crippen molar-refractivity contribution in [3.8, 4) is 11.4 Å². The van der Waals surface area contributed by atoms with Gasteiger partial charge in [0.25, 0.3) is 0 Å². The van der Waals surface area contributed by atoms with E-state index in [0.29, 0.717) is 24.9 Å². The molecule has 0 unspecified atom stereocenters. The molecule has 0 atom stereocenters. The second-order valence-corrected chi connectivity index (χ2v) is 5.54. The number of rotatable bonds is 3. The Labute approximate surface area is 129 Å². The standard InChI is InChI=1S/C11H9Br2F2N3O2/c1-5-16-18(11(19)17(5)10(14)15)8-4-9(20-2)7(13)3-6(8)12/h3-4,10H,1-2H3. The average Bonchev–Trinajstić information content (AvgIpc) is 2.65. The van der Waals surface area contributed by atoms with Crippen molar-refractivity contribution < 1.29 is 13.5 Å². The van der Waals surface area contributed by atoms with Crippen LogP contribution in [-0.4, -0.2) is 21.5 Å². The minimum absolute atomic E-state index is 0.0706. The Balaban J connectivity index is 2.69. The molecular formula is C11H9Br2F2N3O2. The minimum Gasteiger partial charge on any atom is -0.495 e. The van der Waals surface area contributed by atoms with E-state index in [1.807, 2.05) is 0 Å². The predicted octanol–water partition coefficient (Wildman–Crippen LogP) is 3.27. The number of alkyl halides is 2. The molecule has 0 fully saturated rings. The highest BCUT2D eigenvalue weighted by Crippen LogP contribution is 2.32. The van der Waals surface area contributed by atoms with Crippen molar-refractivity contribution in [2.45, 2.75) is 13.5 Å². The Morgan fingerprint density at radius 2 is 1.95 bits per heavy atom. The first-order valence-corrected chi connectivity index (χ1v) is 6.95. The van der Waals surface area contributed by atoms with Gasteiger partial charge >= 0.3 is 12.2 Å². The van der Waals surface area contributed by atoms with E-state index in [0.717, 1.165) is 4.68 Å². The Kier molecular flexibility index (Phi) is 4.28. The van der Waals surface area contributed by atoms with E-state index in [2.05, 4.69) is 37.0 Å². The normalized spacial score (nSPS) is 11.2. The molecule has 2 aromatic rings. The number of hydrogen-bond donors (Lipinski definition) is 0. The number of aromatic nitrogens is 3. The van der Waals surface area contributed by atoms with Crippen LogP contribution in [0.5, 0.6) is 5.75 Å². The summed E-state index contributed by atoms with van der Waals surface area (Å²) in [6.07, 6.45) is 0. The molecule has 0 N–H and O–H groups in total. The van der Waals surface area contributed by atoms with Crippen LogP contribution in [0.4, 0.5) is 8.78 Å². The molecule has 0 aliphatic carbocycles. The number of methoxy groups -OCH3 is 1. The van der Waals surface area contributed by atoms with Crippen LogP contribution in [0.15, 0.2) is 25.9 Å². The van der Waals surface area contributed by atoms with Crippen molar-refractivity contribution in [2.75, 3.05) is 7.11 Å². The van der Waals surface area contributed by atoms with Gasteiger partial charge in [0, 0.05) is 10.5 Å². The largest absolute Gasteiger partial charge is 0.495 e. The maximum Gasteiger partial charge on any atom is 0.355 e. The van der Waals surface area contributed by atoms with Gasteiger partial charge in [0.2, 0.25) is 0 Å². The molecule has 0 amide bonds. The second-order valence-electron chi connectivity index (χ2n) is 3.83. The van der Waals surface area contributed by atoms with E-state index in [9.17, 15) is 13.6 Å². The predicted molar refractivity (Wildman–Crippen MR) is 75.8 cm³/mol. The highest BCUT2D eigenvalue weighted by Gasteiger charge is 2.20. The van der Waals surface area contributed by atoms with E-state index >= 15 is 0 Å². The van der Waals surface area contributed by atoms with E-state index in [1.54, 1.807) is 6.07 Å². The van der Waals surface area contributed by atoms with Gasteiger partial charge in [0.05, 0.1) is 17.3 Å². The van der Waals surface area contributed by atoms with Crippen LogP contribution in [0.1, 0.15) is 12.4 Å². The van der Waals surface area contributed by atoms with Gasteiger partial charge in [0.1, 0.15) is 11.6 Å². The van der Waals surface area contributed by atoms with Gasteiger partial charge in [-0.1, -0.05) is 0 Å². The second kappa shape index (κ2) is 5.65. The third-order valence-electron chi connectivity index (χ3n) is 2.63. The summed E-state index contributed by atoms with van der Waals surface area (Å²) in [7, 11) is 1.46. The SMILES string of the molecule is COc1cc(-n2nc(C)n(C(F)F)c2=O)c(Br)cc1Br. The highest BCUT2D eigenvalue weighted by atomic mass is 79.9. The van der Waals surface area contributed by atoms with Gasteiger partial charge in [-0.2, -0.15) is 13.5 Å². The van der Waals surface area contributed by atoms with Crippen LogP contribution >= 0.6 is 31.9 Å². The smallest absolute Gasteiger partial charge is 0.355 e. The van der Waals surface area contributed by atoms with E-state index < -0.39 is 12.2 Å². The Bertz CT molecular complexity index is 712. The van der Waals surface area contributed by atoms with Crippen molar-refractivity contribution in [1.29, 1.82) is 0 Å². The number of benzene rings is 1. The van der Waals surface area contributed by atoms with Crippen LogP contribution < -0.4 is 10.4 Å². The van der Waals surface area contributed by atoms with E-state index in [1.165, 1.54) is 20.1 Å². The van der Waals surface area contributed by atoms with Crippen LogP contribution in [0.3, 0.4) is 0 Å². The topological polar surface area (TPSA) is 49.0 Å². The lowest BCUT2D eigenvalue weighted by molar-refractivity contribution is 0.0640. The molecule has 5 nitrogen and oxygen atoms in total. The maximum absolute atomic E-state index is 12.8. The van der Waals surface area contributed by atoms with Crippen LogP contribution in [-0.2, 0) is 0 Å². The summed E-state index contributed by atoms with van der Waals surface area (Å²) in [5.74, 6) is 0.387. The lowest BCUT2D eigenvalue weighted by atomic mass is 10.3. The number of halogens is 4. The Hall–Kier alpha value is -1.22. The van der Waals surface area contributed by atoms with E-state index in [-0.39, 0.29) is 5.82 Å². The molecule has 0 radical (unpaired) electrons. The fourth-order valence-corrected chi connectivity index (χ4v) is 3.02. The van der Waals surface area contributed by atoms with Gasteiger partial charge in [-0.05, 0) is 44.8 Å². The molecule has 1 heterocycles. The van der Waals surface area contributed by atoms with Crippen LogP contribution in [0.2, 0.25) is 0 Å². The summed E-state index contributed by atoms with van der Waals surface area (Å²) >= 11 is 6.56. The molecule has 1 aromatic carbocycles. The zero-order valence-electron chi connectivity index (χ0n) is 10.4. The zero-order chi connectivity index (χ0) is 15.0. The number of aryl methyl sites for hydroxylation is 1. The first-order valence-electron chi connectivity index (χ1n) is 5.36. The minimum atomic E-state index is -2.94. The van der Waals surface area contributed by atoms with Crippen molar-refractivity contribution in [1.82, 2.24) is 14.3 Å². The van der Waals surface area contributed by atoms with Crippen molar-refractivity contribution in [3.63, 3.8) is 0 Å². The molecule has 0 saturated carbocycles. The lowest BCUT2D eigenvalue weighted by Gasteiger charge is -2.08. The van der Waals surface area contributed by atoms with Crippen molar-refractivity contribution >= 4 is 31.9 Å². The molecule has 9 heteroatoms. The molecule has 2 rings (SSSR count). The molecule has 0 saturated heterocycles. The van der Waals surface area contributed by atoms with Gasteiger partial charge in [-0.15, -0.1) is 5.10 Å². The summed E-state index contributed by atoms with van der Waals surface area (Å²) in [4.78, 5) is 12.0. The summed E-state index contributed by atoms with van der Waals surface area (Å²) in [5, 5.41) is 3.85. The van der Waals surface area contributed by atoms with Crippen molar-refractivity contribution in [2.24, 2.45) is 0 Å². The molecule has 0 aliphatic rings. The number of ether oxygens (including phenoxy) is 1. The highest BCUT2D eigenvalue weighted by molar-refractivity contribution is 9.11. The Morgan fingerprint density at radius 3 is 2.45 bits per heavy atom. The molecular weight excluding hydrogens is 404 g/mol. The van der Waals surface area contributed by atoms with E-state index in [4.69, 9.17) is 4.74 Å². The van der Waals surface area contributed by atoms with Crippen LogP contribution in [0.25, 0.3) is 5.69 Å². The number of nitrogens with zero attached hydrogens (tertiary/aromatic N) is 3. The lowest BCUT2D eigenvalue weighted by Crippen LogP contribution is -2.25. The summed E-state index contributed by atoms with van der Waals surface area (Å²) < 4.78 is 33.1. The molecule has 20 heavy (non-hydrogen) atoms. The third kappa shape index (κ3) is 2.51. The van der Waals surface area contributed by atoms with Gasteiger partial charge in [-0.3, -0.25) is 0 Å². The maximum atomic E-state index is 12.8. The molecule has 0 bridgehead atoms. The van der Waals surface area contributed by atoms with Gasteiger partial charge in [-0.25, -0.2) is 9.36 Å². The fourth-order valence-electron chi connectivity index (χ4n) is 1.69. The molecule has 1 aromatic heterocycles. The van der Waals surface area contributed by atoms with Crippen LogP contribution in [0, 0.1) is 6.92 Å². The third-order valence-corrected chi connectivity index (χ3v) is 3.88. The fraction of sp³-hybridized carbons (Fsp3) is 0.273. The summed E-state index contributed by atoms with van der Waals surface area (Å²) in [6, 6.07) is 3.18. The molecule has 0 spiro atoms. The molecule has 108 valence electrons. The summed E-state index contributed by atoms with van der Waals surface area (Å²) in [5.41, 5.74) is -0.597. The van der Waals surface area contributed by atoms with Gasteiger partial charge in [0.15, 0.2) is 0 Å². The zero-order valence-corrected chi connectivity index (χ0v) is 13.6. The average molecular weight is 413 g/mol. The molecule has 0 aliphatic heterocycles. The van der Waals surface area contributed by atoms with Gasteiger partial charge < -0.3 is 4.74 Å². The number of hydrogen-bond acceptors (Lipinski definition) is 3. The van der Waals surface area contributed by atoms with Crippen molar-refractivity contribution in [3.05, 3.63) is 37.4 Å². The quantitative estimate of drug-likeness (QED) is 0.777. The summed E-state index contributed by atoms with van der Waals surface area (Å²) in [6.45, 7) is -1.60.